The number of halogens is 1. The molecule has 1 N–H and O–H groups in total. The SMILES string of the molecule is COc1ccc(CC(C)C(=O)Nc2ncc(C)s2)cc1F. The van der Waals surface area contributed by atoms with Crippen LogP contribution in [0, 0.1) is 18.7 Å². The number of ether oxygens (including phenoxy) is 1. The van der Waals surface area contributed by atoms with Gasteiger partial charge in [-0.2, -0.15) is 0 Å². The highest BCUT2D eigenvalue weighted by atomic mass is 32.1. The fraction of sp³-hybridized carbons (Fsp3) is 0.333. The molecule has 2 aromatic rings. The van der Waals surface area contributed by atoms with Gasteiger partial charge in [-0.15, -0.1) is 11.3 Å². The number of aryl methyl sites for hydroxylation is 1. The van der Waals surface area contributed by atoms with Crippen LogP contribution in [0.4, 0.5) is 9.52 Å². The minimum absolute atomic E-state index is 0.124. The first-order chi connectivity index (χ1) is 9.99. The van der Waals surface area contributed by atoms with Crippen LogP contribution >= 0.6 is 11.3 Å². The van der Waals surface area contributed by atoms with Crippen molar-refractivity contribution in [1.82, 2.24) is 4.98 Å². The summed E-state index contributed by atoms with van der Waals surface area (Å²) in [6.07, 6.45) is 2.17. The summed E-state index contributed by atoms with van der Waals surface area (Å²) in [5.41, 5.74) is 0.756. The number of amides is 1. The van der Waals surface area contributed by atoms with Crippen LogP contribution in [0.1, 0.15) is 17.4 Å². The number of carbonyl (C=O) groups excluding carboxylic acids is 1. The van der Waals surface area contributed by atoms with E-state index in [2.05, 4.69) is 10.3 Å². The lowest BCUT2D eigenvalue weighted by Crippen LogP contribution is -2.22. The van der Waals surface area contributed by atoms with Gasteiger partial charge in [0, 0.05) is 17.0 Å². The van der Waals surface area contributed by atoms with E-state index in [1.165, 1.54) is 24.5 Å². The van der Waals surface area contributed by atoms with Crippen LogP contribution < -0.4 is 10.1 Å². The number of hydrogen-bond acceptors (Lipinski definition) is 4. The summed E-state index contributed by atoms with van der Waals surface area (Å²) in [5.74, 6) is -0.616. The summed E-state index contributed by atoms with van der Waals surface area (Å²) in [6.45, 7) is 3.73. The van der Waals surface area contributed by atoms with Crippen LogP contribution in [0.15, 0.2) is 24.4 Å². The Hall–Kier alpha value is -1.95. The lowest BCUT2D eigenvalue weighted by molar-refractivity contribution is -0.119. The van der Waals surface area contributed by atoms with Gasteiger partial charge in [0.25, 0.3) is 0 Å². The van der Waals surface area contributed by atoms with E-state index >= 15 is 0 Å². The summed E-state index contributed by atoms with van der Waals surface area (Å²) in [7, 11) is 1.42. The molecule has 0 aliphatic carbocycles. The first-order valence-electron chi connectivity index (χ1n) is 6.55. The number of anilines is 1. The van der Waals surface area contributed by atoms with Gasteiger partial charge in [-0.3, -0.25) is 4.79 Å². The maximum absolute atomic E-state index is 13.6. The number of aromatic nitrogens is 1. The molecular formula is C15H17FN2O2S. The second-order valence-electron chi connectivity index (χ2n) is 4.84. The molecular weight excluding hydrogens is 291 g/mol. The number of hydrogen-bond donors (Lipinski definition) is 1. The fourth-order valence-electron chi connectivity index (χ4n) is 1.92. The molecule has 1 unspecified atom stereocenters. The van der Waals surface area contributed by atoms with E-state index in [1.54, 1.807) is 25.3 Å². The van der Waals surface area contributed by atoms with Gasteiger partial charge in [0.2, 0.25) is 5.91 Å². The summed E-state index contributed by atoms with van der Waals surface area (Å²) >= 11 is 1.43. The van der Waals surface area contributed by atoms with Gasteiger partial charge in [-0.05, 0) is 31.0 Å². The zero-order valence-electron chi connectivity index (χ0n) is 12.1. The summed E-state index contributed by atoms with van der Waals surface area (Å²) in [4.78, 5) is 17.2. The van der Waals surface area contributed by atoms with Gasteiger partial charge in [0.15, 0.2) is 16.7 Å². The third-order valence-corrected chi connectivity index (χ3v) is 3.89. The van der Waals surface area contributed by atoms with Crippen molar-refractivity contribution in [1.29, 1.82) is 0 Å². The van der Waals surface area contributed by atoms with Crippen LogP contribution in [0.25, 0.3) is 0 Å². The van der Waals surface area contributed by atoms with E-state index < -0.39 is 5.82 Å². The summed E-state index contributed by atoms with van der Waals surface area (Å²) in [6, 6.07) is 4.73. The number of benzene rings is 1. The molecule has 112 valence electrons. The van der Waals surface area contributed by atoms with Crippen LogP contribution in [-0.2, 0) is 11.2 Å². The summed E-state index contributed by atoms with van der Waals surface area (Å²) in [5, 5.41) is 3.36. The molecule has 4 nitrogen and oxygen atoms in total. The number of thiazole rings is 1. The van der Waals surface area contributed by atoms with E-state index in [9.17, 15) is 9.18 Å². The summed E-state index contributed by atoms with van der Waals surface area (Å²) < 4.78 is 18.5. The number of nitrogens with one attached hydrogen (secondary N) is 1. The van der Waals surface area contributed by atoms with Gasteiger partial charge >= 0.3 is 0 Å². The highest BCUT2D eigenvalue weighted by Crippen LogP contribution is 2.21. The lowest BCUT2D eigenvalue weighted by atomic mass is 10.0. The average molecular weight is 308 g/mol. The van der Waals surface area contributed by atoms with E-state index in [0.29, 0.717) is 11.6 Å². The first kappa shape index (κ1) is 15.4. The zero-order valence-corrected chi connectivity index (χ0v) is 13.0. The Morgan fingerprint density at radius 3 is 2.86 bits per heavy atom. The molecule has 1 amide bonds. The molecule has 0 aliphatic rings. The molecule has 6 heteroatoms. The number of rotatable bonds is 5. The molecule has 0 aliphatic heterocycles. The Balaban J connectivity index is 1.98. The predicted octanol–water partition coefficient (Wildman–Crippen LogP) is 3.42. The number of nitrogens with zero attached hydrogens (tertiary/aromatic N) is 1. The Morgan fingerprint density at radius 1 is 1.52 bits per heavy atom. The smallest absolute Gasteiger partial charge is 0.229 e. The molecule has 1 aromatic heterocycles. The quantitative estimate of drug-likeness (QED) is 0.921. The molecule has 0 bridgehead atoms. The normalized spacial score (nSPS) is 12.0. The van der Waals surface area contributed by atoms with Gasteiger partial charge in [-0.1, -0.05) is 13.0 Å². The molecule has 1 aromatic carbocycles. The average Bonchev–Trinajstić information content (AvgIpc) is 2.84. The number of methoxy groups -OCH3 is 1. The van der Waals surface area contributed by atoms with Gasteiger partial charge < -0.3 is 10.1 Å². The van der Waals surface area contributed by atoms with Crippen molar-refractivity contribution in [2.45, 2.75) is 20.3 Å². The van der Waals surface area contributed by atoms with Crippen molar-refractivity contribution in [2.75, 3.05) is 12.4 Å². The highest BCUT2D eigenvalue weighted by Gasteiger charge is 2.16. The predicted molar refractivity (Wildman–Crippen MR) is 81.3 cm³/mol. The van der Waals surface area contributed by atoms with Crippen molar-refractivity contribution in [3.63, 3.8) is 0 Å². The minimum Gasteiger partial charge on any atom is -0.494 e. The molecule has 1 atom stereocenters. The second kappa shape index (κ2) is 6.67. The fourth-order valence-corrected chi connectivity index (χ4v) is 2.59. The number of carbonyl (C=O) groups is 1. The van der Waals surface area contributed by atoms with E-state index in [4.69, 9.17) is 4.74 Å². The molecule has 0 fully saturated rings. The maximum atomic E-state index is 13.6. The van der Waals surface area contributed by atoms with Crippen LogP contribution in [0.3, 0.4) is 0 Å². The maximum Gasteiger partial charge on any atom is 0.229 e. The van der Waals surface area contributed by atoms with Gasteiger partial charge in [0.1, 0.15) is 0 Å². The third kappa shape index (κ3) is 4.01. The molecule has 0 saturated carbocycles. The van der Waals surface area contributed by atoms with E-state index in [-0.39, 0.29) is 17.6 Å². The van der Waals surface area contributed by atoms with Crippen LogP contribution in [-0.4, -0.2) is 18.0 Å². The van der Waals surface area contributed by atoms with Gasteiger partial charge in [-0.25, -0.2) is 9.37 Å². The molecule has 0 spiro atoms. The zero-order chi connectivity index (χ0) is 15.4. The van der Waals surface area contributed by atoms with Gasteiger partial charge in [0.05, 0.1) is 7.11 Å². The molecule has 1 heterocycles. The monoisotopic (exact) mass is 308 g/mol. The Labute approximate surface area is 127 Å². The Kier molecular flexibility index (Phi) is 4.90. The minimum atomic E-state index is -0.418. The van der Waals surface area contributed by atoms with E-state index in [0.717, 1.165) is 10.4 Å². The van der Waals surface area contributed by atoms with Crippen molar-refractivity contribution < 1.29 is 13.9 Å². The highest BCUT2D eigenvalue weighted by molar-refractivity contribution is 7.15. The molecule has 0 radical (unpaired) electrons. The Bertz CT molecular complexity index is 642. The molecule has 21 heavy (non-hydrogen) atoms. The van der Waals surface area contributed by atoms with Crippen LogP contribution in [0.2, 0.25) is 0 Å². The topological polar surface area (TPSA) is 51.2 Å². The van der Waals surface area contributed by atoms with Crippen LogP contribution in [0.5, 0.6) is 5.75 Å². The van der Waals surface area contributed by atoms with Crippen molar-refractivity contribution in [2.24, 2.45) is 5.92 Å². The molecule has 0 saturated heterocycles. The molecule has 2 rings (SSSR count). The first-order valence-corrected chi connectivity index (χ1v) is 7.37. The van der Waals surface area contributed by atoms with Crippen molar-refractivity contribution in [3.8, 4) is 5.75 Å². The van der Waals surface area contributed by atoms with Crippen molar-refractivity contribution in [3.05, 3.63) is 40.7 Å². The Morgan fingerprint density at radius 2 is 2.29 bits per heavy atom. The largest absolute Gasteiger partial charge is 0.494 e. The second-order valence-corrected chi connectivity index (χ2v) is 6.07. The van der Waals surface area contributed by atoms with E-state index in [1.807, 2.05) is 6.92 Å². The standard InChI is InChI=1S/C15H17FN2O2S/c1-9(14(19)18-15-17-8-10(2)21-15)6-11-4-5-13(20-3)12(16)7-11/h4-5,7-9H,6H2,1-3H3,(H,17,18,19). The lowest BCUT2D eigenvalue weighted by Gasteiger charge is -2.11. The van der Waals surface area contributed by atoms with Crippen molar-refractivity contribution >= 4 is 22.4 Å². The third-order valence-electron chi connectivity index (χ3n) is 3.06.